The van der Waals surface area contributed by atoms with Crippen LogP contribution in [0.5, 0.6) is 0 Å². The Morgan fingerprint density at radius 2 is 1.87 bits per heavy atom. The van der Waals surface area contributed by atoms with Crippen molar-refractivity contribution >= 4 is 15.9 Å². The highest BCUT2D eigenvalue weighted by Crippen LogP contribution is 2.25. The summed E-state index contributed by atoms with van der Waals surface area (Å²) in [6, 6.07) is 0. The van der Waals surface area contributed by atoms with E-state index in [1.807, 2.05) is 13.8 Å². The molecule has 0 fully saturated rings. The molecule has 0 aliphatic heterocycles. The van der Waals surface area contributed by atoms with Crippen molar-refractivity contribution in [2.45, 2.75) is 40.5 Å². The second-order valence-electron chi connectivity index (χ2n) is 4.84. The lowest BCUT2D eigenvalue weighted by molar-refractivity contribution is -0.124. The van der Waals surface area contributed by atoms with Crippen LogP contribution in [0.4, 0.5) is 0 Å². The first-order chi connectivity index (χ1) is 6.57. The zero-order valence-electron chi connectivity index (χ0n) is 9.78. The Kier molecular flexibility index (Phi) is 4.93. The summed E-state index contributed by atoms with van der Waals surface area (Å²) in [7, 11) is -4.01. The minimum absolute atomic E-state index is 0.0474. The zero-order valence-corrected chi connectivity index (χ0v) is 10.6. The van der Waals surface area contributed by atoms with Gasteiger partial charge in [0.1, 0.15) is 5.78 Å². The van der Waals surface area contributed by atoms with Crippen molar-refractivity contribution in [1.29, 1.82) is 0 Å². The fourth-order valence-electron chi connectivity index (χ4n) is 1.42. The third kappa shape index (κ3) is 6.62. The molecule has 0 spiro atoms. The lowest BCUT2D eigenvalue weighted by Gasteiger charge is -2.23. The van der Waals surface area contributed by atoms with Crippen LogP contribution >= 0.6 is 0 Å². The van der Waals surface area contributed by atoms with Crippen LogP contribution in [0.2, 0.25) is 0 Å². The second kappa shape index (κ2) is 5.07. The maximum Gasteiger partial charge on any atom is 0.265 e. The van der Waals surface area contributed by atoms with Crippen LogP contribution in [0.1, 0.15) is 40.5 Å². The van der Waals surface area contributed by atoms with Crippen molar-refractivity contribution in [3.05, 3.63) is 0 Å². The quantitative estimate of drug-likeness (QED) is 0.715. The van der Waals surface area contributed by atoms with Crippen molar-refractivity contribution in [2.24, 2.45) is 11.3 Å². The molecule has 0 aromatic carbocycles. The van der Waals surface area contributed by atoms with Gasteiger partial charge in [0.2, 0.25) is 0 Å². The standard InChI is InChI=1S/C10H20O4S/c1-5-8(2)9(11)6-10(3,4)7-15(12,13)14/h8H,5-7H2,1-4H3,(H,12,13,14). The molecule has 15 heavy (non-hydrogen) atoms. The van der Waals surface area contributed by atoms with Crippen LogP contribution in [0, 0.1) is 11.3 Å². The predicted molar refractivity (Wildman–Crippen MR) is 59.3 cm³/mol. The number of Topliss-reactive ketones (excluding diaryl/α,β-unsaturated/α-hetero) is 1. The van der Waals surface area contributed by atoms with E-state index in [-0.39, 0.29) is 23.9 Å². The average molecular weight is 236 g/mol. The van der Waals surface area contributed by atoms with Crippen LogP contribution in [0.3, 0.4) is 0 Å². The SMILES string of the molecule is CCC(C)C(=O)CC(C)(C)CS(=O)(=O)O. The zero-order chi connectivity index (χ0) is 12.3. The van der Waals surface area contributed by atoms with E-state index in [1.165, 1.54) is 0 Å². The summed E-state index contributed by atoms with van der Waals surface area (Å²) in [6.45, 7) is 7.08. The molecule has 0 aromatic rings. The second-order valence-corrected chi connectivity index (χ2v) is 6.30. The Labute approximate surface area is 91.8 Å². The van der Waals surface area contributed by atoms with Gasteiger partial charge in [0.05, 0.1) is 5.75 Å². The minimum atomic E-state index is -4.01. The number of hydrogen-bond acceptors (Lipinski definition) is 3. The van der Waals surface area contributed by atoms with Gasteiger partial charge in [-0.25, -0.2) is 0 Å². The molecule has 0 saturated carbocycles. The molecule has 0 radical (unpaired) electrons. The first-order valence-corrected chi connectivity index (χ1v) is 6.66. The normalized spacial score (nSPS) is 15.0. The van der Waals surface area contributed by atoms with Gasteiger partial charge in [0.25, 0.3) is 10.1 Å². The van der Waals surface area contributed by atoms with E-state index in [9.17, 15) is 13.2 Å². The highest BCUT2D eigenvalue weighted by Gasteiger charge is 2.28. The summed E-state index contributed by atoms with van der Waals surface area (Å²) < 4.78 is 30.1. The van der Waals surface area contributed by atoms with Gasteiger partial charge in [-0.15, -0.1) is 0 Å². The van der Waals surface area contributed by atoms with Gasteiger partial charge in [0.15, 0.2) is 0 Å². The Hall–Kier alpha value is -0.420. The van der Waals surface area contributed by atoms with Crippen LogP contribution in [-0.4, -0.2) is 24.5 Å². The smallest absolute Gasteiger partial charge is 0.265 e. The Balaban J connectivity index is 4.45. The van der Waals surface area contributed by atoms with Gasteiger partial charge in [-0.3, -0.25) is 9.35 Å². The van der Waals surface area contributed by atoms with E-state index < -0.39 is 15.5 Å². The van der Waals surface area contributed by atoms with Gasteiger partial charge >= 0.3 is 0 Å². The molecule has 0 bridgehead atoms. The minimum Gasteiger partial charge on any atom is -0.299 e. The van der Waals surface area contributed by atoms with Crippen molar-refractivity contribution in [1.82, 2.24) is 0 Å². The van der Waals surface area contributed by atoms with Crippen LogP contribution in [0.15, 0.2) is 0 Å². The maximum absolute atomic E-state index is 11.6. The fourth-order valence-corrected chi connectivity index (χ4v) is 2.51. The van der Waals surface area contributed by atoms with Crippen LogP contribution in [-0.2, 0) is 14.9 Å². The Morgan fingerprint density at radius 1 is 1.40 bits per heavy atom. The van der Waals surface area contributed by atoms with Crippen molar-refractivity contribution < 1.29 is 17.8 Å². The Bertz CT molecular complexity index is 316. The number of ketones is 1. The summed E-state index contributed by atoms with van der Waals surface area (Å²) in [5.41, 5.74) is -0.700. The molecule has 0 heterocycles. The lowest BCUT2D eigenvalue weighted by Crippen LogP contribution is -2.28. The highest BCUT2D eigenvalue weighted by atomic mass is 32.2. The van der Waals surface area contributed by atoms with Crippen molar-refractivity contribution in [3.63, 3.8) is 0 Å². The first-order valence-electron chi connectivity index (χ1n) is 5.05. The monoisotopic (exact) mass is 236 g/mol. The highest BCUT2D eigenvalue weighted by molar-refractivity contribution is 7.85. The molecule has 1 unspecified atom stereocenters. The molecule has 0 amide bonds. The number of rotatable bonds is 6. The molecular weight excluding hydrogens is 216 g/mol. The molecular formula is C10H20O4S. The molecule has 1 atom stereocenters. The molecule has 0 saturated heterocycles. The van der Waals surface area contributed by atoms with E-state index in [2.05, 4.69) is 0 Å². The van der Waals surface area contributed by atoms with E-state index in [4.69, 9.17) is 4.55 Å². The van der Waals surface area contributed by atoms with Gasteiger partial charge in [0, 0.05) is 12.3 Å². The largest absolute Gasteiger partial charge is 0.299 e. The topological polar surface area (TPSA) is 71.4 Å². The summed E-state index contributed by atoms with van der Waals surface area (Å²) in [6.07, 6.45) is 0.933. The molecule has 0 aromatic heterocycles. The molecule has 5 heteroatoms. The van der Waals surface area contributed by atoms with Gasteiger partial charge in [-0.05, 0) is 11.8 Å². The number of carbonyl (C=O) groups excluding carboxylic acids is 1. The van der Waals surface area contributed by atoms with E-state index >= 15 is 0 Å². The third-order valence-electron chi connectivity index (χ3n) is 2.39. The van der Waals surface area contributed by atoms with Crippen LogP contribution < -0.4 is 0 Å². The summed E-state index contributed by atoms with van der Waals surface area (Å²) in [5, 5.41) is 0. The fraction of sp³-hybridized carbons (Fsp3) is 0.900. The molecule has 90 valence electrons. The van der Waals surface area contributed by atoms with E-state index in [1.54, 1.807) is 13.8 Å². The van der Waals surface area contributed by atoms with E-state index in [0.717, 1.165) is 6.42 Å². The third-order valence-corrected chi connectivity index (χ3v) is 3.53. The van der Waals surface area contributed by atoms with Gasteiger partial charge in [-0.2, -0.15) is 8.42 Å². The molecule has 1 N–H and O–H groups in total. The van der Waals surface area contributed by atoms with Gasteiger partial charge in [-0.1, -0.05) is 27.7 Å². The predicted octanol–water partition coefficient (Wildman–Crippen LogP) is 1.91. The lowest BCUT2D eigenvalue weighted by atomic mass is 9.85. The average Bonchev–Trinajstić information content (AvgIpc) is 1.96. The van der Waals surface area contributed by atoms with Crippen molar-refractivity contribution in [3.8, 4) is 0 Å². The number of hydrogen-bond donors (Lipinski definition) is 1. The number of carbonyl (C=O) groups is 1. The van der Waals surface area contributed by atoms with Crippen LogP contribution in [0.25, 0.3) is 0 Å². The van der Waals surface area contributed by atoms with Gasteiger partial charge < -0.3 is 0 Å². The molecule has 4 nitrogen and oxygen atoms in total. The van der Waals surface area contributed by atoms with E-state index in [0.29, 0.717) is 0 Å². The first kappa shape index (κ1) is 14.6. The summed E-state index contributed by atoms with van der Waals surface area (Å²) in [4.78, 5) is 11.6. The molecule has 0 rings (SSSR count). The summed E-state index contributed by atoms with van der Waals surface area (Å²) in [5.74, 6) is -0.376. The van der Waals surface area contributed by atoms with Crippen molar-refractivity contribution in [2.75, 3.05) is 5.75 Å². The molecule has 0 aliphatic rings. The maximum atomic E-state index is 11.6. The summed E-state index contributed by atoms with van der Waals surface area (Å²) >= 11 is 0. The Morgan fingerprint density at radius 3 is 2.20 bits per heavy atom. The molecule has 0 aliphatic carbocycles.